The summed E-state index contributed by atoms with van der Waals surface area (Å²) in [6.45, 7) is 1.01. The third-order valence-electron chi connectivity index (χ3n) is 6.40. The van der Waals surface area contributed by atoms with Gasteiger partial charge in [0.25, 0.3) is 5.91 Å². The van der Waals surface area contributed by atoms with Crippen LogP contribution in [0.4, 0.5) is 0 Å². The first kappa shape index (κ1) is 27.1. The maximum absolute atomic E-state index is 13.1. The second-order valence-corrected chi connectivity index (χ2v) is 9.24. The minimum Gasteiger partial charge on any atom is -0.457 e. The summed E-state index contributed by atoms with van der Waals surface area (Å²) in [6.07, 6.45) is 2.03. The minimum atomic E-state index is -1.01. The Balaban J connectivity index is 1.31. The van der Waals surface area contributed by atoms with Crippen molar-refractivity contribution in [3.63, 3.8) is 0 Å². The molecule has 2 heterocycles. The highest BCUT2D eigenvalue weighted by molar-refractivity contribution is 5.97. The van der Waals surface area contributed by atoms with Crippen molar-refractivity contribution in [2.24, 2.45) is 5.73 Å². The number of hydrogen-bond acceptors (Lipinski definition) is 7. The summed E-state index contributed by atoms with van der Waals surface area (Å²) in [7, 11) is 0. The maximum Gasteiger partial charge on any atom is 0.251 e. The van der Waals surface area contributed by atoms with Gasteiger partial charge < -0.3 is 35.5 Å². The summed E-state index contributed by atoms with van der Waals surface area (Å²) in [5.41, 5.74) is 5.74. The van der Waals surface area contributed by atoms with Crippen LogP contribution in [0.25, 0.3) is 0 Å². The van der Waals surface area contributed by atoms with Gasteiger partial charge >= 0.3 is 0 Å². The number of nitrogens with zero attached hydrogens (tertiary/aromatic N) is 1. The molecular weight excluding hydrogens is 490 g/mol. The molecule has 0 radical (unpaired) electrons. The van der Waals surface area contributed by atoms with Crippen LogP contribution in [0.1, 0.15) is 36.0 Å². The van der Waals surface area contributed by atoms with Crippen molar-refractivity contribution in [1.82, 2.24) is 15.5 Å². The highest BCUT2D eigenvalue weighted by Crippen LogP contribution is 2.34. The maximum atomic E-state index is 13.1. The van der Waals surface area contributed by atoms with Gasteiger partial charge in [-0.1, -0.05) is 18.2 Å². The lowest BCUT2D eigenvalue weighted by Crippen LogP contribution is -2.49. The molecular formula is C27H33N5O6. The summed E-state index contributed by atoms with van der Waals surface area (Å²) >= 11 is 0. The van der Waals surface area contributed by atoms with Crippen LogP contribution in [-0.4, -0.2) is 73.1 Å². The number of likely N-dealkylation sites (tertiary alicyclic amines) is 1. The van der Waals surface area contributed by atoms with Gasteiger partial charge in [0.15, 0.2) is 5.79 Å². The summed E-state index contributed by atoms with van der Waals surface area (Å²) in [6, 6.07) is 15.1. The Labute approximate surface area is 221 Å². The number of carbonyl (C=O) groups excluding carboxylic acids is 3. The van der Waals surface area contributed by atoms with Crippen molar-refractivity contribution in [1.29, 1.82) is 5.41 Å². The number of benzene rings is 2. The zero-order chi connectivity index (χ0) is 27.0. The third kappa shape index (κ3) is 7.08. The molecule has 2 fully saturated rings. The lowest BCUT2D eigenvalue weighted by molar-refractivity contribution is -0.152. The van der Waals surface area contributed by atoms with Crippen molar-refractivity contribution in [3.8, 4) is 11.5 Å². The molecule has 3 amide bonds. The Morgan fingerprint density at radius 1 is 1.00 bits per heavy atom. The molecule has 0 aromatic heterocycles. The average molecular weight is 524 g/mol. The highest BCUT2D eigenvalue weighted by atomic mass is 16.7. The van der Waals surface area contributed by atoms with Gasteiger partial charge in [-0.3, -0.25) is 19.8 Å². The SMILES string of the molecule is N=C(N)CCCCNC(=O)[C@@H]1CC2(CN1C(=O)CNC(=O)c1ccc(Oc3ccccc3)cc1)OCCO2. The van der Waals surface area contributed by atoms with E-state index >= 15 is 0 Å². The summed E-state index contributed by atoms with van der Waals surface area (Å²) < 4.78 is 17.2. The van der Waals surface area contributed by atoms with E-state index in [1.807, 2.05) is 30.3 Å². The molecule has 11 heteroatoms. The van der Waals surface area contributed by atoms with Gasteiger partial charge in [-0.15, -0.1) is 0 Å². The zero-order valence-electron chi connectivity index (χ0n) is 21.1. The molecule has 2 aliphatic heterocycles. The number of para-hydroxylation sites is 1. The average Bonchev–Trinajstić information content (AvgIpc) is 3.54. The fraction of sp³-hybridized carbons (Fsp3) is 0.407. The molecule has 0 saturated carbocycles. The molecule has 2 aromatic rings. The van der Waals surface area contributed by atoms with Crippen LogP contribution >= 0.6 is 0 Å². The second kappa shape index (κ2) is 12.5. The summed E-state index contributed by atoms with van der Waals surface area (Å²) in [5.74, 6) is -0.766. The van der Waals surface area contributed by atoms with Gasteiger partial charge in [0.2, 0.25) is 11.8 Å². The Bertz CT molecular complexity index is 1130. The van der Waals surface area contributed by atoms with Crippen molar-refractivity contribution in [2.75, 3.05) is 32.8 Å². The Kier molecular flexibility index (Phi) is 8.93. The first-order chi connectivity index (χ1) is 18.3. The monoisotopic (exact) mass is 523 g/mol. The molecule has 1 spiro atoms. The van der Waals surface area contributed by atoms with E-state index in [2.05, 4.69) is 10.6 Å². The first-order valence-electron chi connectivity index (χ1n) is 12.6. The van der Waals surface area contributed by atoms with Gasteiger partial charge in [0.1, 0.15) is 17.5 Å². The topological polar surface area (TPSA) is 156 Å². The quantitative estimate of drug-likeness (QED) is 0.199. The number of nitrogens with one attached hydrogen (secondary N) is 3. The van der Waals surface area contributed by atoms with Crippen molar-refractivity contribution in [3.05, 3.63) is 60.2 Å². The molecule has 0 unspecified atom stereocenters. The lowest BCUT2D eigenvalue weighted by Gasteiger charge is -2.24. The van der Waals surface area contributed by atoms with E-state index in [1.165, 1.54) is 4.90 Å². The molecule has 4 rings (SSSR count). The van der Waals surface area contributed by atoms with E-state index < -0.39 is 23.6 Å². The van der Waals surface area contributed by atoms with Crippen LogP contribution in [0, 0.1) is 5.41 Å². The van der Waals surface area contributed by atoms with Gasteiger partial charge in [-0.2, -0.15) is 0 Å². The smallest absolute Gasteiger partial charge is 0.251 e. The third-order valence-corrected chi connectivity index (χ3v) is 6.40. The van der Waals surface area contributed by atoms with Gasteiger partial charge in [-0.05, 0) is 49.2 Å². The van der Waals surface area contributed by atoms with Crippen LogP contribution in [0.5, 0.6) is 11.5 Å². The highest BCUT2D eigenvalue weighted by Gasteiger charge is 2.52. The number of unbranched alkanes of at least 4 members (excludes halogenated alkanes) is 1. The van der Waals surface area contributed by atoms with Gasteiger partial charge in [-0.25, -0.2) is 0 Å². The van der Waals surface area contributed by atoms with E-state index in [4.69, 9.17) is 25.4 Å². The van der Waals surface area contributed by atoms with E-state index in [-0.39, 0.29) is 31.3 Å². The number of hydrogen-bond donors (Lipinski definition) is 4. The largest absolute Gasteiger partial charge is 0.457 e. The van der Waals surface area contributed by atoms with Crippen LogP contribution in [-0.2, 0) is 19.1 Å². The molecule has 2 aromatic carbocycles. The Morgan fingerprint density at radius 2 is 1.68 bits per heavy atom. The van der Waals surface area contributed by atoms with Crippen molar-refractivity contribution in [2.45, 2.75) is 37.5 Å². The van der Waals surface area contributed by atoms with Crippen molar-refractivity contribution >= 4 is 23.6 Å². The Morgan fingerprint density at radius 3 is 2.37 bits per heavy atom. The minimum absolute atomic E-state index is 0.107. The predicted octanol–water partition coefficient (Wildman–Crippen LogP) is 1.78. The molecule has 2 saturated heterocycles. The van der Waals surface area contributed by atoms with Crippen LogP contribution in [0.15, 0.2) is 54.6 Å². The number of rotatable bonds is 11. The zero-order valence-corrected chi connectivity index (χ0v) is 21.1. The number of amidine groups is 1. The van der Waals surface area contributed by atoms with E-state index in [0.717, 1.165) is 0 Å². The molecule has 2 aliphatic rings. The molecule has 0 bridgehead atoms. The molecule has 11 nitrogen and oxygen atoms in total. The Hall–Kier alpha value is -3.96. The molecule has 1 atom stereocenters. The van der Waals surface area contributed by atoms with Crippen molar-refractivity contribution < 1.29 is 28.6 Å². The van der Waals surface area contributed by atoms with Gasteiger partial charge in [0.05, 0.1) is 32.1 Å². The fourth-order valence-corrected chi connectivity index (χ4v) is 4.47. The fourth-order valence-electron chi connectivity index (χ4n) is 4.47. The molecule has 5 N–H and O–H groups in total. The normalized spacial score (nSPS) is 17.8. The molecule has 202 valence electrons. The van der Waals surface area contributed by atoms with Crippen LogP contribution in [0.3, 0.4) is 0 Å². The first-order valence-corrected chi connectivity index (χ1v) is 12.6. The van der Waals surface area contributed by atoms with Crippen LogP contribution in [0.2, 0.25) is 0 Å². The van der Waals surface area contributed by atoms with Gasteiger partial charge in [0, 0.05) is 24.9 Å². The summed E-state index contributed by atoms with van der Waals surface area (Å²) in [5, 5.41) is 12.8. The number of amides is 3. The lowest BCUT2D eigenvalue weighted by atomic mass is 10.1. The summed E-state index contributed by atoms with van der Waals surface area (Å²) in [4.78, 5) is 40.1. The number of carbonyl (C=O) groups is 3. The molecule has 38 heavy (non-hydrogen) atoms. The van der Waals surface area contributed by atoms with E-state index in [0.29, 0.717) is 56.1 Å². The predicted molar refractivity (Wildman–Crippen MR) is 139 cm³/mol. The van der Waals surface area contributed by atoms with Crippen LogP contribution < -0.4 is 21.1 Å². The second-order valence-electron chi connectivity index (χ2n) is 9.24. The van der Waals surface area contributed by atoms with E-state index in [1.54, 1.807) is 24.3 Å². The molecule has 0 aliphatic carbocycles. The van der Waals surface area contributed by atoms with E-state index in [9.17, 15) is 14.4 Å². The number of ether oxygens (including phenoxy) is 3. The standard InChI is InChI=1S/C27H33N5O6/c28-23(29)8-4-5-13-30-26(35)22-16-27(36-14-15-37-27)18-32(22)24(33)17-31-25(34)19-9-11-21(12-10-19)38-20-6-2-1-3-7-20/h1-3,6-7,9-12,22H,4-5,8,13-18H2,(H3,28,29)(H,30,35)(H,31,34)/t22-/m0/s1. The number of nitrogens with two attached hydrogens (primary N) is 1.